The topological polar surface area (TPSA) is 60.9 Å². The average Bonchev–Trinajstić information content (AvgIpc) is 3.34. The summed E-state index contributed by atoms with van der Waals surface area (Å²) in [6, 6.07) is 11.3. The van der Waals surface area contributed by atoms with Gasteiger partial charge >= 0.3 is 0 Å². The lowest BCUT2D eigenvalue weighted by molar-refractivity contribution is -0.132. The molecule has 2 aromatic rings. The highest BCUT2D eigenvalue weighted by molar-refractivity contribution is 7.12. The maximum atomic E-state index is 12.8. The van der Waals surface area contributed by atoms with E-state index in [9.17, 15) is 14.4 Å². The molecule has 0 aliphatic carbocycles. The molecule has 0 spiro atoms. The first-order valence-corrected chi connectivity index (χ1v) is 10.3. The van der Waals surface area contributed by atoms with Crippen molar-refractivity contribution in [2.45, 2.75) is 26.7 Å². The van der Waals surface area contributed by atoms with E-state index in [2.05, 4.69) is 6.92 Å². The number of anilines is 1. The molecule has 148 valence electrons. The zero-order valence-electron chi connectivity index (χ0n) is 16.3. The first-order valence-electron chi connectivity index (χ1n) is 9.47. The van der Waals surface area contributed by atoms with Crippen LogP contribution >= 0.6 is 11.3 Å². The summed E-state index contributed by atoms with van der Waals surface area (Å²) in [7, 11) is 0. The van der Waals surface area contributed by atoms with Crippen molar-refractivity contribution in [1.82, 2.24) is 9.80 Å². The van der Waals surface area contributed by atoms with Crippen molar-refractivity contribution >= 4 is 34.7 Å². The highest BCUT2D eigenvalue weighted by atomic mass is 32.1. The largest absolute Gasteiger partial charge is 0.329 e. The second-order valence-electron chi connectivity index (χ2n) is 6.95. The van der Waals surface area contributed by atoms with Gasteiger partial charge in [-0.3, -0.25) is 19.3 Å². The number of rotatable bonds is 7. The van der Waals surface area contributed by atoms with Gasteiger partial charge in [-0.05, 0) is 42.5 Å². The van der Waals surface area contributed by atoms with Crippen LogP contribution in [0.1, 0.15) is 35.0 Å². The second kappa shape index (κ2) is 9.01. The molecule has 3 rings (SSSR count). The van der Waals surface area contributed by atoms with E-state index in [4.69, 9.17) is 0 Å². The lowest BCUT2D eigenvalue weighted by Crippen LogP contribution is -2.43. The van der Waals surface area contributed by atoms with Gasteiger partial charge in [0, 0.05) is 12.2 Å². The van der Waals surface area contributed by atoms with E-state index in [1.807, 2.05) is 42.6 Å². The van der Waals surface area contributed by atoms with Crippen molar-refractivity contribution in [3.8, 4) is 0 Å². The van der Waals surface area contributed by atoms with Gasteiger partial charge in [0.25, 0.3) is 5.91 Å². The third-order valence-electron chi connectivity index (χ3n) is 4.73. The molecule has 0 saturated carbocycles. The third-order valence-corrected chi connectivity index (χ3v) is 5.59. The molecule has 0 N–H and O–H groups in total. The van der Waals surface area contributed by atoms with Gasteiger partial charge in [0.2, 0.25) is 11.8 Å². The normalized spacial score (nSPS) is 13.9. The smallest absolute Gasteiger partial charge is 0.264 e. The number of thiophene rings is 1. The Balaban J connectivity index is 1.68. The van der Waals surface area contributed by atoms with Gasteiger partial charge in [-0.1, -0.05) is 31.5 Å². The molecule has 1 aliphatic heterocycles. The van der Waals surface area contributed by atoms with Crippen LogP contribution in [0.5, 0.6) is 0 Å². The molecule has 1 aliphatic rings. The van der Waals surface area contributed by atoms with Gasteiger partial charge in [0.1, 0.15) is 19.8 Å². The summed E-state index contributed by atoms with van der Waals surface area (Å²) in [6.07, 6.45) is 1.77. The second-order valence-corrected chi connectivity index (χ2v) is 7.90. The van der Waals surface area contributed by atoms with Crippen LogP contribution in [-0.4, -0.2) is 53.8 Å². The summed E-state index contributed by atoms with van der Waals surface area (Å²) in [5.41, 5.74) is 1.85. The maximum absolute atomic E-state index is 12.8. The molecular formula is C21H25N3O3S. The van der Waals surface area contributed by atoms with E-state index in [1.54, 1.807) is 15.9 Å². The summed E-state index contributed by atoms with van der Waals surface area (Å²) in [4.78, 5) is 43.4. The predicted octanol–water partition coefficient (Wildman–Crippen LogP) is 3.13. The number of nitrogens with zero attached hydrogens (tertiary/aromatic N) is 3. The molecule has 6 nitrogen and oxygen atoms in total. The summed E-state index contributed by atoms with van der Waals surface area (Å²) in [5, 5.41) is 1.85. The lowest BCUT2D eigenvalue weighted by atomic mass is 10.2. The quantitative estimate of drug-likeness (QED) is 0.719. The van der Waals surface area contributed by atoms with E-state index < -0.39 is 0 Å². The third kappa shape index (κ3) is 4.59. The molecule has 0 radical (unpaired) electrons. The summed E-state index contributed by atoms with van der Waals surface area (Å²) in [5.74, 6) is -0.439. The molecule has 1 aromatic heterocycles. The van der Waals surface area contributed by atoms with E-state index >= 15 is 0 Å². The Labute approximate surface area is 169 Å². The molecule has 1 fully saturated rings. The molecule has 1 aromatic carbocycles. The number of hydrogen-bond acceptors (Lipinski definition) is 4. The standard InChI is InChI=1S/C21H25N3O3S/c1-3-4-10-22(21(27)18-9-6-11-28-18)13-19(25)23-14-20(26)24(15-23)17-8-5-7-16(2)12-17/h5-9,11-12H,3-4,10,13-15H2,1-2H3. The van der Waals surface area contributed by atoms with E-state index in [0.717, 1.165) is 24.1 Å². The van der Waals surface area contributed by atoms with Crippen LogP contribution in [-0.2, 0) is 9.59 Å². The van der Waals surface area contributed by atoms with Gasteiger partial charge in [-0.25, -0.2) is 0 Å². The van der Waals surface area contributed by atoms with Crippen LogP contribution in [0.2, 0.25) is 0 Å². The van der Waals surface area contributed by atoms with E-state index in [-0.39, 0.29) is 37.5 Å². The summed E-state index contributed by atoms with van der Waals surface area (Å²) < 4.78 is 0. The maximum Gasteiger partial charge on any atom is 0.264 e. The number of unbranched alkanes of at least 4 members (excludes halogenated alkanes) is 1. The summed E-state index contributed by atoms with van der Waals surface area (Å²) in [6.45, 7) is 4.80. The Morgan fingerprint density at radius 3 is 2.71 bits per heavy atom. The highest BCUT2D eigenvalue weighted by Crippen LogP contribution is 2.21. The minimum Gasteiger partial charge on any atom is -0.329 e. The molecule has 3 amide bonds. The Morgan fingerprint density at radius 1 is 1.21 bits per heavy atom. The van der Waals surface area contributed by atoms with Crippen LogP contribution in [0.15, 0.2) is 41.8 Å². The fourth-order valence-corrected chi connectivity index (χ4v) is 3.85. The number of hydrogen-bond donors (Lipinski definition) is 0. The lowest BCUT2D eigenvalue weighted by Gasteiger charge is -2.24. The Morgan fingerprint density at radius 2 is 2.04 bits per heavy atom. The minimum absolute atomic E-state index is 0.00826. The molecule has 28 heavy (non-hydrogen) atoms. The molecule has 2 heterocycles. The molecule has 0 atom stereocenters. The van der Waals surface area contributed by atoms with E-state index in [1.165, 1.54) is 16.2 Å². The number of carbonyl (C=O) groups is 3. The van der Waals surface area contributed by atoms with Gasteiger partial charge < -0.3 is 9.80 Å². The van der Waals surface area contributed by atoms with Crippen molar-refractivity contribution < 1.29 is 14.4 Å². The zero-order chi connectivity index (χ0) is 20.1. The average molecular weight is 400 g/mol. The predicted molar refractivity (Wildman–Crippen MR) is 110 cm³/mol. The number of benzene rings is 1. The van der Waals surface area contributed by atoms with Crippen LogP contribution in [0, 0.1) is 6.92 Å². The monoisotopic (exact) mass is 399 g/mol. The van der Waals surface area contributed by atoms with Crippen LogP contribution in [0.4, 0.5) is 5.69 Å². The number of aryl methyl sites for hydroxylation is 1. The van der Waals surface area contributed by atoms with Crippen molar-refractivity contribution in [1.29, 1.82) is 0 Å². The SMILES string of the molecule is CCCCN(CC(=O)N1CC(=O)N(c2cccc(C)c2)C1)C(=O)c1cccs1. The molecule has 7 heteroatoms. The number of carbonyl (C=O) groups excluding carboxylic acids is 3. The molecule has 1 saturated heterocycles. The Bertz CT molecular complexity index is 850. The van der Waals surface area contributed by atoms with Gasteiger partial charge in [0.15, 0.2) is 0 Å². The first kappa shape index (κ1) is 20.1. The van der Waals surface area contributed by atoms with Crippen LogP contribution < -0.4 is 4.90 Å². The van der Waals surface area contributed by atoms with Crippen molar-refractivity contribution in [2.75, 3.05) is 31.2 Å². The van der Waals surface area contributed by atoms with Crippen LogP contribution in [0.3, 0.4) is 0 Å². The molecule has 0 bridgehead atoms. The fraction of sp³-hybridized carbons (Fsp3) is 0.381. The van der Waals surface area contributed by atoms with Crippen molar-refractivity contribution in [3.05, 3.63) is 52.2 Å². The van der Waals surface area contributed by atoms with E-state index in [0.29, 0.717) is 11.4 Å². The zero-order valence-corrected chi connectivity index (χ0v) is 17.1. The molecule has 0 unspecified atom stereocenters. The van der Waals surface area contributed by atoms with Gasteiger partial charge in [-0.15, -0.1) is 11.3 Å². The van der Waals surface area contributed by atoms with Gasteiger partial charge in [0.05, 0.1) is 4.88 Å². The highest BCUT2D eigenvalue weighted by Gasteiger charge is 2.33. The minimum atomic E-state index is -0.204. The summed E-state index contributed by atoms with van der Waals surface area (Å²) >= 11 is 1.37. The van der Waals surface area contributed by atoms with Crippen molar-refractivity contribution in [3.63, 3.8) is 0 Å². The molecular weight excluding hydrogens is 374 g/mol. The van der Waals surface area contributed by atoms with Crippen molar-refractivity contribution in [2.24, 2.45) is 0 Å². The Hall–Kier alpha value is -2.67. The number of amides is 3. The first-order chi connectivity index (χ1) is 13.5. The van der Waals surface area contributed by atoms with Gasteiger partial charge in [-0.2, -0.15) is 0 Å². The Kier molecular flexibility index (Phi) is 6.46. The van der Waals surface area contributed by atoms with Crippen LogP contribution in [0.25, 0.3) is 0 Å². The fourth-order valence-electron chi connectivity index (χ4n) is 3.16.